The molecule has 9 heteroatoms. The van der Waals surface area contributed by atoms with Crippen LogP contribution in [0.4, 0.5) is 0 Å². The third-order valence-electron chi connectivity index (χ3n) is 4.18. The summed E-state index contributed by atoms with van der Waals surface area (Å²) >= 11 is 4.31. The zero-order valence-electron chi connectivity index (χ0n) is 16.7. The highest BCUT2D eigenvalue weighted by atomic mass is 32.2. The van der Waals surface area contributed by atoms with Crippen molar-refractivity contribution in [2.24, 2.45) is 0 Å². The Kier molecular flexibility index (Phi) is 8.30. The van der Waals surface area contributed by atoms with Crippen LogP contribution in [0.25, 0.3) is 0 Å². The largest absolute Gasteiger partial charge is 0.493 e. The second kappa shape index (κ2) is 11.1. The molecule has 0 spiro atoms. The molecule has 2 aromatic heterocycles. The molecule has 1 amide bonds. The monoisotopic (exact) mass is 462 g/mol. The fourth-order valence-electron chi connectivity index (χ4n) is 2.68. The normalized spacial score (nSPS) is 10.6. The van der Waals surface area contributed by atoms with Gasteiger partial charge in [-0.25, -0.2) is 4.98 Å². The van der Waals surface area contributed by atoms with Crippen molar-refractivity contribution >= 4 is 46.1 Å². The van der Waals surface area contributed by atoms with Crippen molar-refractivity contribution in [2.75, 3.05) is 26.5 Å². The lowest BCUT2D eigenvalue weighted by molar-refractivity contribution is -0.120. The standard InChI is InChI=1S/C21H22N2O4S3/c1-26-17-6-5-14(10-18(17)27-2)7-8-22-20(25)11-15-12-29-21(23-15)30-13-16(24)19-4-3-9-28-19/h3-6,9-10,12H,7-8,11,13H2,1-2H3,(H,22,25). The molecule has 1 N–H and O–H groups in total. The van der Waals surface area contributed by atoms with Gasteiger partial charge in [0, 0.05) is 11.9 Å². The molecule has 2 heterocycles. The molecule has 0 saturated carbocycles. The van der Waals surface area contributed by atoms with Crippen LogP contribution in [0.3, 0.4) is 0 Å². The second-order valence-corrected chi connectivity index (χ2v) is 9.29. The van der Waals surface area contributed by atoms with Gasteiger partial charge in [0.2, 0.25) is 5.91 Å². The quantitative estimate of drug-likeness (QED) is 0.342. The molecular formula is C21H22N2O4S3. The Bertz CT molecular complexity index is 986. The Hall–Kier alpha value is -2.36. The van der Waals surface area contributed by atoms with Crippen molar-refractivity contribution < 1.29 is 19.1 Å². The number of rotatable bonds is 11. The Morgan fingerprint density at radius 1 is 1.13 bits per heavy atom. The SMILES string of the molecule is COc1ccc(CCNC(=O)Cc2csc(SCC(=O)c3cccs3)n2)cc1OC. The minimum Gasteiger partial charge on any atom is -0.493 e. The van der Waals surface area contributed by atoms with Crippen LogP contribution in [-0.4, -0.2) is 43.2 Å². The van der Waals surface area contributed by atoms with E-state index in [2.05, 4.69) is 10.3 Å². The Balaban J connectivity index is 1.41. The van der Waals surface area contributed by atoms with E-state index in [4.69, 9.17) is 9.47 Å². The molecule has 0 fully saturated rings. The lowest BCUT2D eigenvalue weighted by Gasteiger charge is -2.10. The number of ether oxygens (including phenoxy) is 2. The van der Waals surface area contributed by atoms with Gasteiger partial charge in [-0.15, -0.1) is 22.7 Å². The number of aromatic nitrogens is 1. The number of ketones is 1. The van der Waals surface area contributed by atoms with Crippen LogP contribution in [0.5, 0.6) is 11.5 Å². The number of thiophene rings is 1. The molecule has 0 radical (unpaired) electrons. The van der Waals surface area contributed by atoms with Gasteiger partial charge < -0.3 is 14.8 Å². The third kappa shape index (κ3) is 6.32. The Morgan fingerprint density at radius 2 is 1.97 bits per heavy atom. The number of nitrogens with one attached hydrogen (secondary N) is 1. The molecule has 0 aliphatic heterocycles. The predicted octanol–water partition coefficient (Wildman–Crippen LogP) is 4.10. The van der Waals surface area contributed by atoms with Crippen molar-refractivity contribution in [1.29, 1.82) is 0 Å². The van der Waals surface area contributed by atoms with Crippen LogP contribution < -0.4 is 14.8 Å². The van der Waals surface area contributed by atoms with E-state index in [-0.39, 0.29) is 18.1 Å². The van der Waals surface area contributed by atoms with E-state index in [0.29, 0.717) is 30.2 Å². The van der Waals surface area contributed by atoms with Gasteiger partial charge in [0.15, 0.2) is 21.6 Å². The summed E-state index contributed by atoms with van der Waals surface area (Å²) in [6, 6.07) is 9.41. The van der Waals surface area contributed by atoms with E-state index < -0.39 is 0 Å². The Morgan fingerprint density at radius 3 is 2.70 bits per heavy atom. The first-order valence-corrected chi connectivity index (χ1v) is 11.9. The summed E-state index contributed by atoms with van der Waals surface area (Å²) in [4.78, 5) is 29.5. The van der Waals surface area contributed by atoms with Crippen molar-refractivity contribution in [2.45, 2.75) is 17.2 Å². The molecule has 0 aliphatic carbocycles. The highest BCUT2D eigenvalue weighted by molar-refractivity contribution is 8.01. The number of hydrogen-bond donors (Lipinski definition) is 1. The van der Waals surface area contributed by atoms with E-state index in [1.54, 1.807) is 14.2 Å². The van der Waals surface area contributed by atoms with E-state index in [1.807, 2.05) is 41.1 Å². The molecule has 3 rings (SSSR count). The molecule has 0 aliphatic rings. The van der Waals surface area contributed by atoms with E-state index in [9.17, 15) is 9.59 Å². The summed E-state index contributed by atoms with van der Waals surface area (Å²) in [6.45, 7) is 0.523. The van der Waals surface area contributed by atoms with Gasteiger partial charge in [-0.05, 0) is 35.6 Å². The zero-order valence-corrected chi connectivity index (χ0v) is 19.1. The van der Waals surface area contributed by atoms with Crippen LogP contribution in [0.1, 0.15) is 20.9 Å². The third-order valence-corrected chi connectivity index (χ3v) is 7.16. The van der Waals surface area contributed by atoms with Gasteiger partial charge in [0.1, 0.15) is 0 Å². The zero-order chi connectivity index (χ0) is 21.3. The summed E-state index contributed by atoms with van der Waals surface area (Å²) < 4.78 is 11.3. The van der Waals surface area contributed by atoms with Gasteiger partial charge in [0.05, 0.1) is 37.0 Å². The van der Waals surface area contributed by atoms with Crippen LogP contribution in [0.2, 0.25) is 0 Å². The van der Waals surface area contributed by atoms with E-state index in [0.717, 1.165) is 20.5 Å². The number of carbonyl (C=O) groups is 2. The number of nitrogens with zero attached hydrogens (tertiary/aromatic N) is 1. The molecular weight excluding hydrogens is 440 g/mol. The topological polar surface area (TPSA) is 77.5 Å². The Labute approximate surface area is 187 Å². The first-order chi connectivity index (χ1) is 14.6. The van der Waals surface area contributed by atoms with Gasteiger partial charge in [0.25, 0.3) is 0 Å². The number of thioether (sulfide) groups is 1. The van der Waals surface area contributed by atoms with Gasteiger partial charge >= 0.3 is 0 Å². The summed E-state index contributed by atoms with van der Waals surface area (Å²) in [6.07, 6.45) is 0.914. The molecule has 6 nitrogen and oxygen atoms in total. The molecule has 0 unspecified atom stereocenters. The number of hydrogen-bond acceptors (Lipinski definition) is 8. The average Bonchev–Trinajstić information content (AvgIpc) is 3.44. The number of Topliss-reactive ketones (excluding diaryl/α,β-unsaturated/α-hetero) is 1. The number of amides is 1. The molecule has 3 aromatic rings. The van der Waals surface area contributed by atoms with Gasteiger partial charge in [-0.2, -0.15) is 0 Å². The lowest BCUT2D eigenvalue weighted by Crippen LogP contribution is -2.27. The highest BCUT2D eigenvalue weighted by Crippen LogP contribution is 2.27. The van der Waals surface area contributed by atoms with Crippen LogP contribution >= 0.6 is 34.4 Å². The smallest absolute Gasteiger partial charge is 0.226 e. The van der Waals surface area contributed by atoms with Crippen molar-refractivity contribution in [3.63, 3.8) is 0 Å². The molecule has 30 heavy (non-hydrogen) atoms. The second-order valence-electron chi connectivity index (χ2n) is 6.26. The van der Waals surface area contributed by atoms with Crippen molar-refractivity contribution in [3.05, 3.63) is 57.2 Å². The number of carbonyl (C=O) groups excluding carboxylic acids is 2. The molecule has 1 aromatic carbocycles. The van der Waals surface area contributed by atoms with Crippen LogP contribution in [0.15, 0.2) is 45.4 Å². The summed E-state index contributed by atoms with van der Waals surface area (Å²) in [5.74, 6) is 1.72. The molecule has 0 saturated heterocycles. The van der Waals surface area contributed by atoms with Crippen molar-refractivity contribution in [1.82, 2.24) is 10.3 Å². The molecule has 158 valence electrons. The fourth-order valence-corrected chi connectivity index (χ4v) is 5.16. The number of benzene rings is 1. The summed E-state index contributed by atoms with van der Waals surface area (Å²) in [5.41, 5.74) is 1.77. The van der Waals surface area contributed by atoms with Crippen LogP contribution in [0, 0.1) is 0 Å². The van der Waals surface area contributed by atoms with Gasteiger partial charge in [-0.3, -0.25) is 9.59 Å². The minimum absolute atomic E-state index is 0.0769. The van der Waals surface area contributed by atoms with E-state index >= 15 is 0 Å². The van der Waals surface area contributed by atoms with Gasteiger partial charge in [-0.1, -0.05) is 23.9 Å². The maximum atomic E-state index is 12.2. The molecule has 0 bridgehead atoms. The minimum atomic E-state index is -0.0769. The highest BCUT2D eigenvalue weighted by Gasteiger charge is 2.12. The first kappa shape index (κ1) is 22.3. The average molecular weight is 463 g/mol. The first-order valence-electron chi connectivity index (χ1n) is 9.20. The molecule has 0 atom stereocenters. The number of thiazole rings is 1. The maximum Gasteiger partial charge on any atom is 0.226 e. The summed E-state index contributed by atoms with van der Waals surface area (Å²) in [7, 11) is 3.20. The predicted molar refractivity (Wildman–Crippen MR) is 121 cm³/mol. The van der Waals surface area contributed by atoms with Crippen LogP contribution in [-0.2, 0) is 17.6 Å². The number of methoxy groups -OCH3 is 2. The maximum absolute atomic E-state index is 12.2. The van der Waals surface area contributed by atoms with Crippen molar-refractivity contribution in [3.8, 4) is 11.5 Å². The lowest BCUT2D eigenvalue weighted by atomic mass is 10.1. The van der Waals surface area contributed by atoms with E-state index in [1.165, 1.54) is 34.4 Å². The fraction of sp³-hybridized carbons (Fsp3) is 0.286. The summed E-state index contributed by atoms with van der Waals surface area (Å²) in [5, 5.41) is 6.68.